The van der Waals surface area contributed by atoms with Gasteiger partial charge in [0, 0.05) is 12.2 Å². The molecule has 1 aromatic rings. The molecule has 1 aliphatic rings. The molecule has 1 aliphatic carbocycles. The first kappa shape index (κ1) is 12.0. The highest BCUT2D eigenvalue weighted by molar-refractivity contribution is 5.92. The minimum Gasteiger partial charge on any atom is -0.350 e. The third kappa shape index (κ3) is 3.03. The van der Waals surface area contributed by atoms with E-state index in [1.54, 1.807) is 6.07 Å². The number of carbonyl (C=O) groups is 1. The summed E-state index contributed by atoms with van der Waals surface area (Å²) in [7, 11) is 0. The third-order valence-corrected chi connectivity index (χ3v) is 3.38. The van der Waals surface area contributed by atoms with Crippen molar-refractivity contribution < 1.29 is 4.79 Å². The number of carbonyl (C=O) groups excluding carboxylic acids is 1. The van der Waals surface area contributed by atoms with E-state index in [1.165, 1.54) is 12.8 Å². The fourth-order valence-electron chi connectivity index (χ4n) is 2.03. The van der Waals surface area contributed by atoms with Gasteiger partial charge in [-0.3, -0.25) is 4.79 Å². The fourth-order valence-corrected chi connectivity index (χ4v) is 2.03. The van der Waals surface area contributed by atoms with Crippen molar-refractivity contribution in [3.05, 3.63) is 29.6 Å². The van der Waals surface area contributed by atoms with Gasteiger partial charge in [-0.25, -0.2) is 4.98 Å². The Labute approximate surface area is 102 Å². The molecule has 2 rings (SSSR count). The highest BCUT2D eigenvalue weighted by Gasteiger charge is 2.41. The quantitative estimate of drug-likeness (QED) is 0.804. The van der Waals surface area contributed by atoms with Gasteiger partial charge in [-0.1, -0.05) is 6.07 Å². The summed E-state index contributed by atoms with van der Waals surface area (Å²) in [4.78, 5) is 16.1. The molecule has 0 spiro atoms. The maximum Gasteiger partial charge on any atom is 0.269 e. The molecule has 17 heavy (non-hydrogen) atoms. The average molecular weight is 233 g/mol. The van der Waals surface area contributed by atoms with Crippen molar-refractivity contribution in [3.63, 3.8) is 0 Å². The Balaban J connectivity index is 1.90. The molecular formula is C13H19N3O. The normalized spacial score (nSPS) is 16.6. The number of rotatable bonds is 5. The summed E-state index contributed by atoms with van der Waals surface area (Å²) < 4.78 is 0. The maximum absolute atomic E-state index is 11.9. The van der Waals surface area contributed by atoms with Crippen LogP contribution in [0.3, 0.4) is 0 Å². The van der Waals surface area contributed by atoms with E-state index in [4.69, 9.17) is 5.73 Å². The van der Waals surface area contributed by atoms with E-state index in [0.29, 0.717) is 12.2 Å². The summed E-state index contributed by atoms with van der Waals surface area (Å²) in [6, 6.07) is 5.47. The SMILES string of the molecule is Cc1cccc(C(=O)NCC2(CCN)CC2)n1. The number of nitrogens with two attached hydrogens (primary N) is 1. The molecule has 0 bridgehead atoms. The van der Waals surface area contributed by atoms with E-state index in [2.05, 4.69) is 10.3 Å². The standard InChI is InChI=1S/C13H19N3O/c1-10-3-2-4-11(16-10)12(17)15-9-13(5-6-13)7-8-14/h2-4H,5-9,14H2,1H3,(H,15,17). The van der Waals surface area contributed by atoms with Crippen molar-refractivity contribution in [1.82, 2.24) is 10.3 Å². The second kappa shape index (κ2) is 4.84. The number of pyridine rings is 1. The Kier molecular flexibility index (Phi) is 3.43. The molecule has 1 fully saturated rings. The summed E-state index contributed by atoms with van der Waals surface area (Å²) in [5.41, 5.74) is 7.19. The topological polar surface area (TPSA) is 68.0 Å². The number of nitrogens with one attached hydrogen (secondary N) is 1. The molecule has 1 aromatic heterocycles. The van der Waals surface area contributed by atoms with Crippen LogP contribution in [-0.2, 0) is 0 Å². The predicted molar refractivity (Wildman–Crippen MR) is 66.6 cm³/mol. The Morgan fingerprint density at radius 2 is 2.29 bits per heavy atom. The van der Waals surface area contributed by atoms with Crippen molar-refractivity contribution in [1.29, 1.82) is 0 Å². The Morgan fingerprint density at radius 3 is 2.88 bits per heavy atom. The monoisotopic (exact) mass is 233 g/mol. The van der Waals surface area contributed by atoms with Gasteiger partial charge in [-0.05, 0) is 50.3 Å². The first-order valence-electron chi connectivity index (χ1n) is 6.07. The number of nitrogens with zero attached hydrogens (tertiary/aromatic N) is 1. The first-order valence-corrected chi connectivity index (χ1v) is 6.07. The lowest BCUT2D eigenvalue weighted by molar-refractivity contribution is 0.0939. The Morgan fingerprint density at radius 1 is 1.53 bits per heavy atom. The van der Waals surface area contributed by atoms with Gasteiger partial charge in [0.2, 0.25) is 0 Å². The van der Waals surface area contributed by atoms with Crippen LogP contribution in [0.25, 0.3) is 0 Å². The van der Waals surface area contributed by atoms with Crippen LogP contribution in [0.5, 0.6) is 0 Å². The molecule has 0 aliphatic heterocycles. The van der Waals surface area contributed by atoms with Crippen LogP contribution in [0.2, 0.25) is 0 Å². The second-order valence-corrected chi connectivity index (χ2v) is 4.89. The van der Waals surface area contributed by atoms with Crippen molar-refractivity contribution in [2.45, 2.75) is 26.2 Å². The summed E-state index contributed by atoms with van der Waals surface area (Å²) in [6.07, 6.45) is 3.34. The Hall–Kier alpha value is -1.42. The highest BCUT2D eigenvalue weighted by atomic mass is 16.1. The number of aryl methyl sites for hydroxylation is 1. The van der Waals surface area contributed by atoms with Gasteiger partial charge in [0.1, 0.15) is 5.69 Å². The molecule has 0 radical (unpaired) electrons. The van der Waals surface area contributed by atoms with E-state index in [-0.39, 0.29) is 11.3 Å². The van der Waals surface area contributed by atoms with Gasteiger partial charge in [-0.2, -0.15) is 0 Å². The van der Waals surface area contributed by atoms with Gasteiger partial charge >= 0.3 is 0 Å². The molecule has 0 saturated heterocycles. The zero-order valence-electron chi connectivity index (χ0n) is 10.2. The number of aromatic nitrogens is 1. The van der Waals surface area contributed by atoms with E-state index in [0.717, 1.165) is 18.7 Å². The first-order chi connectivity index (χ1) is 8.15. The van der Waals surface area contributed by atoms with Crippen LogP contribution in [0, 0.1) is 12.3 Å². The predicted octanol–water partition coefficient (Wildman–Crippen LogP) is 1.25. The number of amides is 1. The van der Waals surface area contributed by atoms with Crippen LogP contribution in [-0.4, -0.2) is 24.0 Å². The molecule has 4 nitrogen and oxygen atoms in total. The van der Waals surface area contributed by atoms with Gasteiger partial charge in [-0.15, -0.1) is 0 Å². The molecule has 0 unspecified atom stereocenters. The average Bonchev–Trinajstić information content (AvgIpc) is 3.07. The van der Waals surface area contributed by atoms with E-state index >= 15 is 0 Å². The smallest absolute Gasteiger partial charge is 0.269 e. The lowest BCUT2D eigenvalue weighted by atomic mass is 10.0. The molecule has 1 heterocycles. The van der Waals surface area contributed by atoms with Crippen LogP contribution in [0.4, 0.5) is 0 Å². The van der Waals surface area contributed by atoms with Crippen molar-refractivity contribution in [3.8, 4) is 0 Å². The molecule has 1 amide bonds. The molecule has 0 aromatic carbocycles. The summed E-state index contributed by atoms with van der Waals surface area (Å²) in [5, 5.41) is 2.96. The second-order valence-electron chi connectivity index (χ2n) is 4.89. The lowest BCUT2D eigenvalue weighted by Crippen LogP contribution is -2.31. The zero-order valence-corrected chi connectivity index (χ0v) is 10.2. The largest absolute Gasteiger partial charge is 0.350 e. The van der Waals surface area contributed by atoms with Crippen LogP contribution < -0.4 is 11.1 Å². The molecular weight excluding hydrogens is 214 g/mol. The molecule has 4 heteroatoms. The van der Waals surface area contributed by atoms with Crippen molar-refractivity contribution >= 4 is 5.91 Å². The fraction of sp³-hybridized carbons (Fsp3) is 0.538. The van der Waals surface area contributed by atoms with Crippen molar-refractivity contribution in [2.24, 2.45) is 11.1 Å². The van der Waals surface area contributed by atoms with Gasteiger partial charge in [0.25, 0.3) is 5.91 Å². The maximum atomic E-state index is 11.9. The molecule has 1 saturated carbocycles. The molecule has 92 valence electrons. The molecule has 0 atom stereocenters. The Bertz CT molecular complexity index is 413. The van der Waals surface area contributed by atoms with Crippen molar-refractivity contribution in [2.75, 3.05) is 13.1 Å². The van der Waals surface area contributed by atoms with Crippen LogP contribution in [0.1, 0.15) is 35.4 Å². The van der Waals surface area contributed by atoms with Gasteiger partial charge in [0.15, 0.2) is 0 Å². The van der Waals surface area contributed by atoms with E-state index in [1.807, 2.05) is 19.1 Å². The summed E-state index contributed by atoms with van der Waals surface area (Å²) in [5.74, 6) is -0.0861. The molecule has 3 N–H and O–H groups in total. The zero-order chi connectivity index (χ0) is 12.3. The van der Waals surface area contributed by atoms with Gasteiger partial charge < -0.3 is 11.1 Å². The van der Waals surface area contributed by atoms with Crippen LogP contribution >= 0.6 is 0 Å². The lowest BCUT2D eigenvalue weighted by Gasteiger charge is -2.14. The number of hydrogen-bond acceptors (Lipinski definition) is 3. The van der Waals surface area contributed by atoms with Crippen LogP contribution in [0.15, 0.2) is 18.2 Å². The van der Waals surface area contributed by atoms with E-state index < -0.39 is 0 Å². The third-order valence-electron chi connectivity index (χ3n) is 3.38. The number of hydrogen-bond donors (Lipinski definition) is 2. The summed E-state index contributed by atoms with van der Waals surface area (Å²) in [6.45, 7) is 3.30. The minimum absolute atomic E-state index is 0.0861. The minimum atomic E-state index is -0.0861. The van der Waals surface area contributed by atoms with E-state index in [9.17, 15) is 4.79 Å². The van der Waals surface area contributed by atoms with Gasteiger partial charge in [0.05, 0.1) is 0 Å². The summed E-state index contributed by atoms with van der Waals surface area (Å²) >= 11 is 0. The highest BCUT2D eigenvalue weighted by Crippen LogP contribution is 2.47.